The number of aryl methyl sites for hydroxylation is 1. The summed E-state index contributed by atoms with van der Waals surface area (Å²) in [5.74, 6) is 6.82. The fourth-order valence-corrected chi connectivity index (χ4v) is 3.74. The van der Waals surface area contributed by atoms with Crippen molar-refractivity contribution in [3.8, 4) is 11.8 Å². The second-order valence-corrected chi connectivity index (χ2v) is 6.62. The highest BCUT2D eigenvalue weighted by molar-refractivity contribution is 7.98. The number of nitrogens with two attached hydrogens (primary N) is 1. The number of benzene rings is 1. The van der Waals surface area contributed by atoms with Crippen LogP contribution in [0.25, 0.3) is 11.0 Å². The van der Waals surface area contributed by atoms with Crippen molar-refractivity contribution in [1.82, 2.24) is 9.97 Å². The van der Waals surface area contributed by atoms with Crippen LogP contribution in [-0.4, -0.2) is 16.5 Å². The van der Waals surface area contributed by atoms with Crippen molar-refractivity contribution >= 4 is 34.1 Å². The van der Waals surface area contributed by atoms with Gasteiger partial charge >= 0.3 is 0 Å². The summed E-state index contributed by atoms with van der Waals surface area (Å²) in [6, 6.07) is 8.38. The molecule has 2 aromatic heterocycles. The second kappa shape index (κ2) is 6.35. The van der Waals surface area contributed by atoms with Gasteiger partial charge < -0.3 is 10.7 Å². The molecule has 0 fully saturated rings. The van der Waals surface area contributed by atoms with Crippen LogP contribution in [0, 0.1) is 18.8 Å². The smallest absolute Gasteiger partial charge is 0.166 e. The molecule has 0 spiro atoms. The van der Waals surface area contributed by atoms with Crippen molar-refractivity contribution in [1.29, 1.82) is 0 Å². The van der Waals surface area contributed by atoms with Crippen molar-refractivity contribution in [2.24, 2.45) is 5.73 Å². The normalized spacial score (nSPS) is 10.6. The molecule has 2 heterocycles. The first-order chi connectivity index (χ1) is 10.2. The molecule has 0 radical (unpaired) electrons. The lowest BCUT2D eigenvalue weighted by atomic mass is 10.2. The number of imidazole rings is 1. The highest BCUT2D eigenvalue weighted by Gasteiger charge is 2.05. The Morgan fingerprint density at radius 3 is 3.14 bits per heavy atom. The number of thiophene rings is 1. The molecule has 0 atom stereocenters. The first kappa shape index (κ1) is 14.2. The Bertz CT molecular complexity index is 821. The van der Waals surface area contributed by atoms with E-state index in [0.717, 1.165) is 27.5 Å². The molecule has 0 bridgehead atoms. The number of aromatic nitrogens is 2. The maximum atomic E-state index is 5.38. The molecule has 0 aliphatic rings. The Morgan fingerprint density at radius 2 is 2.29 bits per heavy atom. The minimum atomic E-state index is 0.401. The summed E-state index contributed by atoms with van der Waals surface area (Å²) in [6.45, 7) is 2.49. The number of hydrogen-bond donors (Lipinski definition) is 2. The molecule has 1 aromatic carbocycles. The van der Waals surface area contributed by atoms with Crippen LogP contribution in [0.4, 0.5) is 0 Å². The van der Waals surface area contributed by atoms with Gasteiger partial charge in [0.1, 0.15) is 0 Å². The molecule has 21 heavy (non-hydrogen) atoms. The summed E-state index contributed by atoms with van der Waals surface area (Å²) < 4.78 is 0. The number of rotatable bonds is 3. The van der Waals surface area contributed by atoms with E-state index in [1.807, 2.05) is 0 Å². The van der Waals surface area contributed by atoms with E-state index in [1.165, 1.54) is 10.4 Å². The topological polar surface area (TPSA) is 54.7 Å². The van der Waals surface area contributed by atoms with Gasteiger partial charge in [-0.1, -0.05) is 29.7 Å². The molecular weight excluding hydrogens is 298 g/mol. The van der Waals surface area contributed by atoms with Crippen LogP contribution in [0.1, 0.15) is 16.0 Å². The van der Waals surface area contributed by atoms with Crippen LogP contribution < -0.4 is 5.73 Å². The maximum absolute atomic E-state index is 5.38. The van der Waals surface area contributed by atoms with Crippen molar-refractivity contribution in [3.63, 3.8) is 0 Å². The lowest BCUT2D eigenvalue weighted by Gasteiger charge is -1.93. The minimum absolute atomic E-state index is 0.401. The first-order valence-corrected chi connectivity index (χ1v) is 8.46. The van der Waals surface area contributed by atoms with Gasteiger partial charge in [0.15, 0.2) is 5.16 Å². The molecule has 5 heteroatoms. The Kier molecular flexibility index (Phi) is 4.30. The summed E-state index contributed by atoms with van der Waals surface area (Å²) >= 11 is 3.44. The SMILES string of the molecule is Cc1ccc2nc(SCc3cc(C#CCN)cs3)[nH]c2c1. The molecule has 0 saturated carbocycles. The largest absolute Gasteiger partial charge is 0.333 e. The molecule has 0 amide bonds. The average molecular weight is 313 g/mol. The summed E-state index contributed by atoms with van der Waals surface area (Å²) in [7, 11) is 0. The van der Waals surface area contributed by atoms with E-state index < -0.39 is 0 Å². The van der Waals surface area contributed by atoms with Gasteiger partial charge in [-0.15, -0.1) is 11.3 Å². The third-order valence-corrected chi connectivity index (χ3v) is 5.00. The van der Waals surface area contributed by atoms with E-state index in [-0.39, 0.29) is 0 Å². The summed E-state index contributed by atoms with van der Waals surface area (Å²) in [4.78, 5) is 9.24. The quantitative estimate of drug-likeness (QED) is 0.574. The van der Waals surface area contributed by atoms with Crippen LogP contribution >= 0.6 is 23.1 Å². The highest BCUT2D eigenvalue weighted by Crippen LogP contribution is 2.26. The molecule has 3 rings (SSSR count). The van der Waals surface area contributed by atoms with E-state index in [0.29, 0.717) is 6.54 Å². The molecule has 3 aromatic rings. The second-order valence-electron chi connectivity index (χ2n) is 4.66. The van der Waals surface area contributed by atoms with Crippen LogP contribution in [-0.2, 0) is 5.75 Å². The Hall–Kier alpha value is -1.74. The van der Waals surface area contributed by atoms with Gasteiger partial charge in [-0.3, -0.25) is 0 Å². The van der Waals surface area contributed by atoms with E-state index in [9.17, 15) is 0 Å². The average Bonchev–Trinajstić information content (AvgIpc) is 3.08. The molecule has 3 nitrogen and oxygen atoms in total. The molecular formula is C16H15N3S2. The Morgan fingerprint density at radius 1 is 1.38 bits per heavy atom. The van der Waals surface area contributed by atoms with Gasteiger partial charge in [-0.05, 0) is 30.7 Å². The number of fused-ring (bicyclic) bond motifs is 1. The maximum Gasteiger partial charge on any atom is 0.166 e. The fraction of sp³-hybridized carbons (Fsp3) is 0.188. The summed E-state index contributed by atoms with van der Waals surface area (Å²) in [6.07, 6.45) is 0. The van der Waals surface area contributed by atoms with E-state index in [1.54, 1.807) is 23.1 Å². The molecule has 3 N–H and O–H groups in total. The Labute approximate surface area is 132 Å². The zero-order valence-corrected chi connectivity index (χ0v) is 13.3. The van der Waals surface area contributed by atoms with Gasteiger partial charge in [0.2, 0.25) is 0 Å². The third-order valence-electron chi connectivity index (χ3n) is 2.96. The van der Waals surface area contributed by atoms with Gasteiger partial charge in [-0.2, -0.15) is 0 Å². The van der Waals surface area contributed by atoms with Crippen LogP contribution in [0.5, 0.6) is 0 Å². The van der Waals surface area contributed by atoms with Gasteiger partial charge in [-0.25, -0.2) is 4.98 Å². The molecule has 0 aliphatic carbocycles. The monoisotopic (exact) mass is 313 g/mol. The molecule has 0 aliphatic heterocycles. The molecule has 106 valence electrons. The third kappa shape index (κ3) is 3.48. The van der Waals surface area contributed by atoms with E-state index in [4.69, 9.17) is 5.73 Å². The van der Waals surface area contributed by atoms with E-state index >= 15 is 0 Å². The zero-order valence-electron chi connectivity index (χ0n) is 11.6. The van der Waals surface area contributed by atoms with E-state index in [2.05, 4.69) is 58.4 Å². The predicted octanol–water partition coefficient (Wildman–Crippen LogP) is 3.54. The van der Waals surface area contributed by atoms with Crippen LogP contribution in [0.15, 0.2) is 34.8 Å². The molecule has 0 unspecified atom stereocenters. The van der Waals surface area contributed by atoms with Crippen molar-refractivity contribution in [2.45, 2.75) is 17.8 Å². The van der Waals surface area contributed by atoms with Crippen molar-refractivity contribution in [3.05, 3.63) is 45.6 Å². The summed E-state index contributed by atoms with van der Waals surface area (Å²) in [5.41, 5.74) is 9.77. The number of hydrogen-bond acceptors (Lipinski definition) is 4. The number of thioether (sulfide) groups is 1. The lowest BCUT2D eigenvalue weighted by molar-refractivity contribution is 1.08. The predicted molar refractivity (Wildman–Crippen MR) is 90.6 cm³/mol. The Balaban J connectivity index is 1.69. The van der Waals surface area contributed by atoms with Gasteiger partial charge in [0.05, 0.1) is 17.6 Å². The molecule has 0 saturated heterocycles. The number of nitrogens with zero attached hydrogens (tertiary/aromatic N) is 1. The fourth-order valence-electron chi connectivity index (χ4n) is 1.98. The minimum Gasteiger partial charge on any atom is -0.333 e. The van der Waals surface area contributed by atoms with Gasteiger partial charge in [0, 0.05) is 21.6 Å². The highest BCUT2D eigenvalue weighted by atomic mass is 32.2. The van der Waals surface area contributed by atoms with Crippen LogP contribution in [0.3, 0.4) is 0 Å². The number of nitrogens with one attached hydrogen (secondary N) is 1. The first-order valence-electron chi connectivity index (χ1n) is 6.60. The lowest BCUT2D eigenvalue weighted by Crippen LogP contribution is -1.92. The number of aromatic amines is 1. The number of H-pyrrole nitrogens is 1. The summed E-state index contributed by atoms with van der Waals surface area (Å²) in [5, 5.41) is 3.03. The van der Waals surface area contributed by atoms with Crippen LogP contribution in [0.2, 0.25) is 0 Å². The zero-order chi connectivity index (χ0) is 14.7. The standard InChI is InChI=1S/C16H15N3S2/c1-11-4-5-14-15(7-11)19-16(18-14)21-10-13-8-12(9-20-13)3-2-6-17/h4-5,7-9H,6,10,17H2,1H3,(H,18,19). The van der Waals surface area contributed by atoms with Crippen molar-refractivity contribution in [2.75, 3.05) is 6.54 Å². The van der Waals surface area contributed by atoms with Gasteiger partial charge in [0.25, 0.3) is 0 Å². The van der Waals surface area contributed by atoms with Crippen molar-refractivity contribution < 1.29 is 0 Å².